The van der Waals surface area contributed by atoms with Crippen molar-refractivity contribution in [2.24, 2.45) is 0 Å². The van der Waals surface area contributed by atoms with Crippen LogP contribution in [-0.4, -0.2) is 30.6 Å². The number of amides is 1. The molecule has 0 spiro atoms. The highest BCUT2D eigenvalue weighted by Gasteiger charge is 2.20. The van der Waals surface area contributed by atoms with Crippen LogP contribution < -0.4 is 4.90 Å². The van der Waals surface area contributed by atoms with E-state index in [-0.39, 0.29) is 12.5 Å². The summed E-state index contributed by atoms with van der Waals surface area (Å²) in [7, 11) is 0. The van der Waals surface area contributed by atoms with Crippen molar-refractivity contribution >= 4 is 17.8 Å². The van der Waals surface area contributed by atoms with Gasteiger partial charge in [-0.15, -0.1) is 0 Å². The molecule has 0 saturated carbocycles. The topological polar surface area (TPSA) is 42.4 Å². The molecule has 1 saturated heterocycles. The molecular formula is C11H12N2O2. The molecule has 1 aliphatic heterocycles. The Hall–Kier alpha value is -1.68. The molecule has 0 radical (unpaired) electrons. The minimum atomic E-state index is -0.0416. The first kappa shape index (κ1) is 9.86. The summed E-state index contributed by atoms with van der Waals surface area (Å²) in [5, 5.41) is 0. The summed E-state index contributed by atoms with van der Waals surface area (Å²) < 4.78 is 5.04. The normalized spacial score (nSPS) is 16.5. The lowest BCUT2D eigenvalue weighted by molar-refractivity contribution is -0.125. The van der Waals surface area contributed by atoms with E-state index in [0.29, 0.717) is 19.0 Å². The third kappa shape index (κ3) is 2.05. The molecule has 2 heterocycles. The van der Waals surface area contributed by atoms with Gasteiger partial charge < -0.3 is 4.74 Å². The van der Waals surface area contributed by atoms with Crippen LogP contribution in [0.2, 0.25) is 0 Å². The van der Waals surface area contributed by atoms with Crippen LogP contribution >= 0.6 is 0 Å². The van der Waals surface area contributed by atoms with Gasteiger partial charge in [0.25, 0.3) is 5.91 Å². The van der Waals surface area contributed by atoms with Crippen molar-refractivity contribution in [1.29, 1.82) is 0 Å². The number of carbonyl (C=O) groups excluding carboxylic acids is 1. The predicted molar refractivity (Wildman–Crippen MR) is 57.5 cm³/mol. The SMILES string of the molecule is C=Cc1ccc(N2CCOCC2=O)nc1. The minimum Gasteiger partial charge on any atom is -0.370 e. The van der Waals surface area contributed by atoms with Crippen molar-refractivity contribution in [3.8, 4) is 0 Å². The third-order valence-corrected chi connectivity index (χ3v) is 2.27. The second kappa shape index (κ2) is 4.23. The molecule has 15 heavy (non-hydrogen) atoms. The number of hydrogen-bond acceptors (Lipinski definition) is 3. The molecule has 4 heteroatoms. The lowest BCUT2D eigenvalue weighted by Crippen LogP contribution is -2.42. The second-order valence-corrected chi connectivity index (χ2v) is 3.25. The molecule has 0 unspecified atom stereocenters. The summed E-state index contributed by atoms with van der Waals surface area (Å²) in [6, 6.07) is 3.71. The van der Waals surface area contributed by atoms with E-state index < -0.39 is 0 Å². The van der Waals surface area contributed by atoms with Crippen LogP contribution in [0.5, 0.6) is 0 Å². The molecule has 4 nitrogen and oxygen atoms in total. The molecule has 2 rings (SSSR count). The largest absolute Gasteiger partial charge is 0.370 e. The zero-order valence-corrected chi connectivity index (χ0v) is 8.35. The van der Waals surface area contributed by atoms with E-state index >= 15 is 0 Å². The maximum Gasteiger partial charge on any atom is 0.254 e. The van der Waals surface area contributed by atoms with Crippen LogP contribution in [0.1, 0.15) is 5.56 Å². The lowest BCUT2D eigenvalue weighted by Gasteiger charge is -2.25. The van der Waals surface area contributed by atoms with Crippen LogP contribution in [0.15, 0.2) is 24.9 Å². The van der Waals surface area contributed by atoms with Crippen LogP contribution in [0.3, 0.4) is 0 Å². The van der Waals surface area contributed by atoms with Crippen LogP contribution in [-0.2, 0) is 9.53 Å². The minimum absolute atomic E-state index is 0.0416. The Balaban J connectivity index is 2.20. The monoisotopic (exact) mass is 204 g/mol. The molecule has 1 fully saturated rings. The van der Waals surface area contributed by atoms with Gasteiger partial charge in [-0.2, -0.15) is 0 Å². The molecule has 0 N–H and O–H groups in total. The van der Waals surface area contributed by atoms with Crippen molar-refractivity contribution < 1.29 is 9.53 Å². The highest BCUT2D eigenvalue weighted by Crippen LogP contribution is 2.14. The van der Waals surface area contributed by atoms with E-state index in [0.717, 1.165) is 5.56 Å². The van der Waals surface area contributed by atoms with Crippen molar-refractivity contribution in [2.45, 2.75) is 0 Å². The Bertz CT molecular complexity index is 373. The quantitative estimate of drug-likeness (QED) is 0.724. The number of carbonyl (C=O) groups is 1. The first-order valence-electron chi connectivity index (χ1n) is 4.78. The van der Waals surface area contributed by atoms with Gasteiger partial charge in [-0.05, 0) is 17.7 Å². The number of ether oxygens (including phenoxy) is 1. The van der Waals surface area contributed by atoms with Crippen LogP contribution in [0.4, 0.5) is 5.82 Å². The first-order chi connectivity index (χ1) is 7.31. The summed E-state index contributed by atoms with van der Waals surface area (Å²) >= 11 is 0. The molecule has 1 amide bonds. The summed E-state index contributed by atoms with van der Waals surface area (Å²) in [6.45, 7) is 4.93. The fraction of sp³-hybridized carbons (Fsp3) is 0.273. The zero-order valence-electron chi connectivity index (χ0n) is 8.35. The van der Waals surface area contributed by atoms with Crippen molar-refractivity contribution in [2.75, 3.05) is 24.7 Å². The fourth-order valence-corrected chi connectivity index (χ4v) is 1.44. The Morgan fingerprint density at radius 2 is 2.40 bits per heavy atom. The van der Waals surface area contributed by atoms with Gasteiger partial charge in [0.2, 0.25) is 0 Å². The van der Waals surface area contributed by atoms with E-state index in [1.54, 1.807) is 17.2 Å². The molecule has 0 bridgehead atoms. The highest BCUT2D eigenvalue weighted by atomic mass is 16.5. The number of anilines is 1. The van der Waals surface area contributed by atoms with Gasteiger partial charge in [0.15, 0.2) is 0 Å². The first-order valence-corrected chi connectivity index (χ1v) is 4.78. The number of morpholine rings is 1. The Morgan fingerprint density at radius 1 is 1.53 bits per heavy atom. The van der Waals surface area contributed by atoms with E-state index in [9.17, 15) is 4.79 Å². The molecular weight excluding hydrogens is 192 g/mol. The van der Waals surface area contributed by atoms with Crippen molar-refractivity contribution in [3.05, 3.63) is 30.5 Å². The number of nitrogens with zero attached hydrogens (tertiary/aromatic N) is 2. The molecule has 1 aromatic heterocycles. The second-order valence-electron chi connectivity index (χ2n) is 3.25. The lowest BCUT2D eigenvalue weighted by atomic mass is 10.2. The zero-order chi connectivity index (χ0) is 10.7. The fourth-order valence-electron chi connectivity index (χ4n) is 1.44. The van der Waals surface area contributed by atoms with Gasteiger partial charge >= 0.3 is 0 Å². The number of hydrogen-bond donors (Lipinski definition) is 0. The maximum absolute atomic E-state index is 11.5. The van der Waals surface area contributed by atoms with E-state index in [1.165, 1.54) is 0 Å². The summed E-state index contributed by atoms with van der Waals surface area (Å²) in [5.74, 6) is 0.633. The third-order valence-electron chi connectivity index (χ3n) is 2.27. The Kier molecular flexibility index (Phi) is 2.78. The number of rotatable bonds is 2. The maximum atomic E-state index is 11.5. The predicted octanol–water partition coefficient (Wildman–Crippen LogP) is 1.09. The van der Waals surface area contributed by atoms with Gasteiger partial charge in [-0.25, -0.2) is 4.98 Å². The molecule has 0 aliphatic carbocycles. The van der Waals surface area contributed by atoms with E-state index in [2.05, 4.69) is 11.6 Å². The van der Waals surface area contributed by atoms with Crippen molar-refractivity contribution in [1.82, 2.24) is 4.98 Å². The average Bonchev–Trinajstić information content (AvgIpc) is 2.30. The molecule has 0 atom stereocenters. The Morgan fingerprint density at radius 3 is 3.00 bits per heavy atom. The molecule has 78 valence electrons. The van der Waals surface area contributed by atoms with E-state index in [1.807, 2.05) is 12.1 Å². The standard InChI is InChI=1S/C11H12N2O2/c1-2-9-3-4-10(12-7-9)13-5-6-15-8-11(13)14/h2-4,7H,1,5-6,8H2. The molecule has 1 aliphatic rings. The average molecular weight is 204 g/mol. The van der Waals surface area contributed by atoms with Gasteiger partial charge in [-0.1, -0.05) is 12.7 Å². The smallest absolute Gasteiger partial charge is 0.254 e. The Labute approximate surface area is 88.2 Å². The summed E-state index contributed by atoms with van der Waals surface area (Å²) in [6.07, 6.45) is 3.42. The summed E-state index contributed by atoms with van der Waals surface area (Å²) in [4.78, 5) is 17.3. The van der Waals surface area contributed by atoms with Gasteiger partial charge in [0, 0.05) is 6.20 Å². The van der Waals surface area contributed by atoms with Crippen molar-refractivity contribution in [3.63, 3.8) is 0 Å². The molecule has 1 aromatic rings. The molecule has 0 aromatic carbocycles. The number of aromatic nitrogens is 1. The van der Waals surface area contributed by atoms with Gasteiger partial charge in [0.1, 0.15) is 12.4 Å². The highest BCUT2D eigenvalue weighted by molar-refractivity contribution is 5.93. The van der Waals surface area contributed by atoms with Gasteiger partial charge in [0.05, 0.1) is 13.2 Å². The number of pyridine rings is 1. The van der Waals surface area contributed by atoms with Gasteiger partial charge in [-0.3, -0.25) is 9.69 Å². The van der Waals surface area contributed by atoms with Crippen LogP contribution in [0.25, 0.3) is 6.08 Å². The van der Waals surface area contributed by atoms with E-state index in [4.69, 9.17) is 4.74 Å². The van der Waals surface area contributed by atoms with Crippen LogP contribution in [0, 0.1) is 0 Å². The summed E-state index contributed by atoms with van der Waals surface area (Å²) in [5.41, 5.74) is 0.944.